The van der Waals surface area contributed by atoms with Crippen molar-refractivity contribution in [2.75, 3.05) is 12.4 Å². The summed E-state index contributed by atoms with van der Waals surface area (Å²) in [5.74, 6) is 0.275. The van der Waals surface area contributed by atoms with Crippen LogP contribution in [0.4, 0.5) is 0 Å². The summed E-state index contributed by atoms with van der Waals surface area (Å²) in [7, 11) is 0. The highest BCUT2D eigenvalue weighted by atomic mass is 35.5. The van der Waals surface area contributed by atoms with Gasteiger partial charge in [0.05, 0.1) is 23.9 Å². The molecule has 0 fully saturated rings. The SMILES string of the molecule is CCCSC(C(=O)NC(Cc1c[nH]cn1)C(=O)OCC)C(C)Cc1ccccc1Cl. The molecular formula is C22H30ClN3O3S. The number of aromatic amines is 1. The molecule has 6 nitrogen and oxygen atoms in total. The van der Waals surface area contributed by atoms with Crippen molar-refractivity contribution in [2.24, 2.45) is 5.92 Å². The Kier molecular flexibility index (Phi) is 10.2. The molecule has 0 aliphatic carbocycles. The lowest BCUT2D eigenvalue weighted by Gasteiger charge is -2.25. The highest BCUT2D eigenvalue weighted by molar-refractivity contribution is 8.00. The molecule has 1 aromatic carbocycles. The normalized spacial score (nSPS) is 14.0. The second-order valence-corrected chi connectivity index (χ2v) is 8.80. The molecule has 1 amide bonds. The molecule has 3 unspecified atom stereocenters. The second-order valence-electron chi connectivity index (χ2n) is 7.14. The molecule has 0 spiro atoms. The third-order valence-corrected chi connectivity index (χ3v) is 6.68. The zero-order valence-electron chi connectivity index (χ0n) is 17.7. The highest BCUT2D eigenvalue weighted by Gasteiger charge is 2.31. The average Bonchev–Trinajstić information content (AvgIpc) is 3.23. The van der Waals surface area contributed by atoms with Gasteiger partial charge in [0.1, 0.15) is 6.04 Å². The number of halogens is 1. The molecule has 0 saturated carbocycles. The van der Waals surface area contributed by atoms with E-state index in [0.717, 1.165) is 17.7 Å². The van der Waals surface area contributed by atoms with Crippen LogP contribution in [-0.2, 0) is 27.2 Å². The monoisotopic (exact) mass is 451 g/mol. The fourth-order valence-corrected chi connectivity index (χ4v) is 4.51. The molecule has 0 aliphatic rings. The fourth-order valence-electron chi connectivity index (χ4n) is 3.16. The molecule has 8 heteroatoms. The van der Waals surface area contributed by atoms with Gasteiger partial charge in [0.25, 0.3) is 0 Å². The molecule has 3 atom stereocenters. The first-order valence-electron chi connectivity index (χ1n) is 10.3. The van der Waals surface area contributed by atoms with Gasteiger partial charge in [0.15, 0.2) is 0 Å². The number of H-pyrrole nitrogens is 1. The fraction of sp³-hybridized carbons (Fsp3) is 0.500. The van der Waals surface area contributed by atoms with Crippen molar-refractivity contribution in [3.05, 3.63) is 53.1 Å². The molecule has 0 aliphatic heterocycles. The van der Waals surface area contributed by atoms with E-state index in [1.165, 1.54) is 0 Å². The Hall–Kier alpha value is -1.99. The quantitative estimate of drug-likeness (QED) is 0.475. The lowest BCUT2D eigenvalue weighted by atomic mass is 9.97. The number of hydrogen-bond donors (Lipinski definition) is 2. The lowest BCUT2D eigenvalue weighted by molar-refractivity contribution is -0.147. The lowest BCUT2D eigenvalue weighted by Crippen LogP contribution is -2.48. The van der Waals surface area contributed by atoms with Crippen molar-refractivity contribution >= 4 is 35.2 Å². The molecule has 0 radical (unpaired) electrons. The molecule has 2 aromatic rings. The average molecular weight is 452 g/mol. The minimum atomic E-state index is -0.780. The van der Waals surface area contributed by atoms with E-state index in [1.54, 1.807) is 31.2 Å². The van der Waals surface area contributed by atoms with Crippen molar-refractivity contribution in [1.82, 2.24) is 15.3 Å². The van der Waals surface area contributed by atoms with Crippen LogP contribution in [0.3, 0.4) is 0 Å². The van der Waals surface area contributed by atoms with Crippen LogP contribution in [0.5, 0.6) is 0 Å². The van der Waals surface area contributed by atoms with E-state index < -0.39 is 12.0 Å². The Labute approximate surface area is 187 Å². The predicted octanol–water partition coefficient (Wildman–Crippen LogP) is 4.04. The number of imidazole rings is 1. The van der Waals surface area contributed by atoms with Gasteiger partial charge in [-0.2, -0.15) is 0 Å². The van der Waals surface area contributed by atoms with E-state index in [0.29, 0.717) is 17.1 Å². The Morgan fingerprint density at radius 3 is 2.67 bits per heavy atom. The number of thioether (sulfide) groups is 1. The van der Waals surface area contributed by atoms with Crippen molar-refractivity contribution < 1.29 is 14.3 Å². The number of carbonyl (C=O) groups is 2. The van der Waals surface area contributed by atoms with Gasteiger partial charge in [-0.25, -0.2) is 9.78 Å². The van der Waals surface area contributed by atoms with Gasteiger partial charge in [-0.05, 0) is 43.1 Å². The van der Waals surface area contributed by atoms with Crippen LogP contribution in [0, 0.1) is 5.92 Å². The Bertz CT molecular complexity index is 801. The highest BCUT2D eigenvalue weighted by Crippen LogP contribution is 2.27. The van der Waals surface area contributed by atoms with Gasteiger partial charge in [-0.3, -0.25) is 4.79 Å². The Balaban J connectivity index is 2.13. The Morgan fingerprint density at radius 1 is 1.27 bits per heavy atom. The van der Waals surface area contributed by atoms with Crippen LogP contribution in [0.25, 0.3) is 0 Å². The second kappa shape index (κ2) is 12.6. The summed E-state index contributed by atoms with van der Waals surface area (Å²) in [6.45, 7) is 6.13. The summed E-state index contributed by atoms with van der Waals surface area (Å²) in [6, 6.07) is 6.91. The molecular weight excluding hydrogens is 422 g/mol. The van der Waals surface area contributed by atoms with Gasteiger partial charge in [0.2, 0.25) is 5.91 Å². The standard InChI is InChI=1S/C22H30ClN3O3S/c1-4-10-30-20(15(3)11-16-8-6-7-9-18(16)23)21(27)26-19(22(28)29-5-2)12-17-13-24-14-25-17/h6-9,13-15,19-20H,4-5,10-12H2,1-3H3,(H,24,25)(H,26,27). The molecule has 30 heavy (non-hydrogen) atoms. The van der Waals surface area contributed by atoms with E-state index in [-0.39, 0.29) is 30.1 Å². The largest absolute Gasteiger partial charge is 0.464 e. The van der Waals surface area contributed by atoms with Crippen molar-refractivity contribution in [1.29, 1.82) is 0 Å². The minimum absolute atomic E-state index is 0.0367. The van der Waals surface area contributed by atoms with Crippen LogP contribution < -0.4 is 5.32 Å². The minimum Gasteiger partial charge on any atom is -0.464 e. The number of aromatic nitrogens is 2. The number of nitrogens with one attached hydrogen (secondary N) is 2. The molecule has 164 valence electrons. The summed E-state index contributed by atoms with van der Waals surface area (Å²) >= 11 is 7.93. The van der Waals surface area contributed by atoms with E-state index in [2.05, 4.69) is 22.2 Å². The Morgan fingerprint density at radius 2 is 2.03 bits per heavy atom. The first-order valence-corrected chi connectivity index (χ1v) is 11.7. The summed E-state index contributed by atoms with van der Waals surface area (Å²) in [4.78, 5) is 32.7. The predicted molar refractivity (Wildman–Crippen MR) is 122 cm³/mol. The number of esters is 1. The first-order chi connectivity index (χ1) is 14.5. The van der Waals surface area contributed by atoms with Crippen molar-refractivity contribution in [2.45, 2.75) is 51.3 Å². The van der Waals surface area contributed by atoms with Crippen LogP contribution in [-0.4, -0.2) is 45.5 Å². The summed E-state index contributed by atoms with van der Waals surface area (Å²) in [5, 5.41) is 3.30. The maximum Gasteiger partial charge on any atom is 0.329 e. The molecule has 2 rings (SSSR count). The van der Waals surface area contributed by atoms with Gasteiger partial charge < -0.3 is 15.0 Å². The van der Waals surface area contributed by atoms with Crippen molar-refractivity contribution in [3.63, 3.8) is 0 Å². The first kappa shape index (κ1) is 24.3. The van der Waals surface area contributed by atoms with E-state index in [4.69, 9.17) is 16.3 Å². The van der Waals surface area contributed by atoms with Crippen LogP contribution in [0.15, 0.2) is 36.8 Å². The number of benzene rings is 1. The van der Waals surface area contributed by atoms with E-state index in [9.17, 15) is 9.59 Å². The van der Waals surface area contributed by atoms with Crippen LogP contribution >= 0.6 is 23.4 Å². The summed E-state index contributed by atoms with van der Waals surface area (Å²) in [6.07, 6.45) is 5.17. The molecule has 1 heterocycles. The number of carbonyl (C=O) groups excluding carboxylic acids is 2. The summed E-state index contributed by atoms with van der Waals surface area (Å²) < 4.78 is 5.17. The maximum atomic E-state index is 13.2. The number of ether oxygens (including phenoxy) is 1. The number of amides is 1. The van der Waals surface area contributed by atoms with E-state index >= 15 is 0 Å². The van der Waals surface area contributed by atoms with Crippen LogP contribution in [0.1, 0.15) is 38.4 Å². The summed E-state index contributed by atoms with van der Waals surface area (Å²) in [5.41, 5.74) is 1.70. The zero-order chi connectivity index (χ0) is 21.9. The van der Waals surface area contributed by atoms with E-state index in [1.807, 2.05) is 31.2 Å². The van der Waals surface area contributed by atoms with Gasteiger partial charge in [-0.1, -0.05) is 43.6 Å². The van der Waals surface area contributed by atoms with Gasteiger partial charge in [0, 0.05) is 17.6 Å². The van der Waals surface area contributed by atoms with Gasteiger partial charge in [-0.15, -0.1) is 11.8 Å². The number of rotatable bonds is 12. The molecule has 0 saturated heterocycles. The topological polar surface area (TPSA) is 84.1 Å². The van der Waals surface area contributed by atoms with Crippen LogP contribution in [0.2, 0.25) is 5.02 Å². The molecule has 2 N–H and O–H groups in total. The van der Waals surface area contributed by atoms with Crippen molar-refractivity contribution in [3.8, 4) is 0 Å². The molecule has 1 aromatic heterocycles. The van der Waals surface area contributed by atoms with Gasteiger partial charge >= 0.3 is 5.97 Å². The zero-order valence-corrected chi connectivity index (χ0v) is 19.3. The third-order valence-electron chi connectivity index (χ3n) is 4.63. The smallest absolute Gasteiger partial charge is 0.329 e. The molecule has 0 bridgehead atoms. The third kappa shape index (κ3) is 7.36. The number of hydrogen-bond acceptors (Lipinski definition) is 5. The maximum absolute atomic E-state index is 13.2. The number of nitrogens with zero attached hydrogens (tertiary/aromatic N) is 1.